The molecule has 3 aromatic rings. The molecule has 1 amide bonds. The number of para-hydroxylation sites is 1. The molecule has 27 heavy (non-hydrogen) atoms. The number of hydrogen-bond acceptors (Lipinski definition) is 4. The molecular formula is C20H27ClN4OS. The van der Waals surface area contributed by atoms with E-state index in [9.17, 15) is 4.79 Å². The van der Waals surface area contributed by atoms with E-state index in [1.165, 1.54) is 11.3 Å². The number of nitrogens with two attached hydrogens (primary N) is 1. The zero-order valence-electron chi connectivity index (χ0n) is 16.2. The predicted molar refractivity (Wildman–Crippen MR) is 115 cm³/mol. The van der Waals surface area contributed by atoms with Crippen LogP contribution in [0.3, 0.4) is 0 Å². The molecule has 2 heterocycles. The van der Waals surface area contributed by atoms with Crippen LogP contribution in [0.5, 0.6) is 0 Å². The smallest absolute Gasteiger partial charge is 0.263 e. The monoisotopic (exact) mass is 406 g/mol. The number of hydrogen-bond donors (Lipinski definition) is 1. The minimum Gasteiger partial charge on any atom is -0.341 e. The van der Waals surface area contributed by atoms with Crippen molar-refractivity contribution in [3.63, 3.8) is 0 Å². The summed E-state index contributed by atoms with van der Waals surface area (Å²) in [5.74, 6) is 0.462. The lowest BCUT2D eigenvalue weighted by atomic mass is 10.0. The first-order valence-electron chi connectivity index (χ1n) is 8.94. The Balaban J connectivity index is 0.00000261. The SMILES string of the molecule is Cc1nn(-c2ccccc2)c2sc(C(=O)N(C)CCC(N)C(C)C)cc12.Cl. The van der Waals surface area contributed by atoms with E-state index in [1.807, 2.05) is 55.1 Å². The molecule has 0 bridgehead atoms. The molecule has 7 heteroatoms. The van der Waals surface area contributed by atoms with Crippen molar-refractivity contribution in [2.45, 2.75) is 33.2 Å². The molecule has 146 valence electrons. The zero-order valence-corrected chi connectivity index (χ0v) is 17.8. The molecule has 1 aromatic carbocycles. The molecule has 0 aliphatic heterocycles. The summed E-state index contributed by atoms with van der Waals surface area (Å²) in [4.78, 5) is 16.3. The van der Waals surface area contributed by atoms with Gasteiger partial charge in [-0.15, -0.1) is 23.7 Å². The first kappa shape index (κ1) is 21.4. The molecule has 0 spiro atoms. The van der Waals surface area contributed by atoms with Gasteiger partial charge in [-0.05, 0) is 37.5 Å². The van der Waals surface area contributed by atoms with Gasteiger partial charge in [0, 0.05) is 25.0 Å². The third-order valence-electron chi connectivity index (χ3n) is 4.76. The van der Waals surface area contributed by atoms with Crippen LogP contribution in [0.2, 0.25) is 0 Å². The summed E-state index contributed by atoms with van der Waals surface area (Å²) in [6.45, 7) is 6.86. The summed E-state index contributed by atoms with van der Waals surface area (Å²) >= 11 is 1.49. The second kappa shape index (κ2) is 8.87. The van der Waals surface area contributed by atoms with Crippen LogP contribution in [0, 0.1) is 12.8 Å². The van der Waals surface area contributed by atoms with Crippen LogP contribution in [-0.4, -0.2) is 40.2 Å². The summed E-state index contributed by atoms with van der Waals surface area (Å²) in [7, 11) is 1.84. The zero-order chi connectivity index (χ0) is 18.8. The fourth-order valence-corrected chi connectivity index (χ4v) is 4.04. The van der Waals surface area contributed by atoms with Gasteiger partial charge in [-0.1, -0.05) is 32.0 Å². The number of fused-ring (bicyclic) bond motifs is 1. The lowest BCUT2D eigenvalue weighted by Crippen LogP contribution is -2.34. The van der Waals surface area contributed by atoms with Crippen LogP contribution in [0.4, 0.5) is 0 Å². The average molecular weight is 407 g/mol. The molecule has 0 saturated heterocycles. The molecule has 2 aromatic heterocycles. The van der Waals surface area contributed by atoms with Crippen molar-refractivity contribution in [1.82, 2.24) is 14.7 Å². The van der Waals surface area contributed by atoms with Crippen molar-refractivity contribution in [1.29, 1.82) is 0 Å². The van der Waals surface area contributed by atoms with Crippen molar-refractivity contribution < 1.29 is 4.79 Å². The van der Waals surface area contributed by atoms with E-state index in [0.29, 0.717) is 12.5 Å². The van der Waals surface area contributed by atoms with Crippen molar-refractivity contribution in [3.05, 3.63) is 47.0 Å². The summed E-state index contributed by atoms with van der Waals surface area (Å²) in [5, 5.41) is 5.67. The van der Waals surface area contributed by atoms with Crippen LogP contribution in [0.25, 0.3) is 15.9 Å². The molecule has 1 atom stereocenters. The molecule has 0 aliphatic carbocycles. The number of benzene rings is 1. The third kappa shape index (κ3) is 4.51. The van der Waals surface area contributed by atoms with E-state index in [2.05, 4.69) is 18.9 Å². The Morgan fingerprint density at radius 3 is 2.59 bits per heavy atom. The van der Waals surface area contributed by atoms with Crippen molar-refractivity contribution in [2.75, 3.05) is 13.6 Å². The largest absolute Gasteiger partial charge is 0.341 e. The fourth-order valence-electron chi connectivity index (χ4n) is 2.86. The summed E-state index contributed by atoms with van der Waals surface area (Å²) in [6, 6.07) is 12.1. The van der Waals surface area contributed by atoms with Crippen LogP contribution in [-0.2, 0) is 0 Å². The van der Waals surface area contributed by atoms with Gasteiger partial charge in [-0.25, -0.2) is 4.68 Å². The van der Waals surface area contributed by atoms with E-state index >= 15 is 0 Å². The molecule has 2 N–H and O–H groups in total. The van der Waals surface area contributed by atoms with E-state index < -0.39 is 0 Å². The van der Waals surface area contributed by atoms with E-state index in [4.69, 9.17) is 5.73 Å². The number of carbonyl (C=O) groups is 1. The number of amides is 1. The minimum absolute atomic E-state index is 0. The second-order valence-electron chi connectivity index (χ2n) is 7.09. The highest BCUT2D eigenvalue weighted by Gasteiger charge is 2.20. The number of halogens is 1. The molecule has 0 saturated carbocycles. The standard InChI is InChI=1S/C20H26N4OS.ClH/c1-13(2)17(21)10-11-23(4)19(25)18-12-16-14(3)22-24(20(16)26-18)15-8-6-5-7-9-15;/h5-9,12-13,17H,10-11,21H2,1-4H3;1H. The second-order valence-corrected chi connectivity index (χ2v) is 8.12. The number of aromatic nitrogens is 2. The van der Waals surface area contributed by atoms with Crippen molar-refractivity contribution in [2.24, 2.45) is 11.7 Å². The summed E-state index contributed by atoms with van der Waals surface area (Å²) in [5.41, 5.74) is 8.04. The highest BCUT2D eigenvalue weighted by atomic mass is 35.5. The lowest BCUT2D eigenvalue weighted by molar-refractivity contribution is 0.0794. The molecule has 1 unspecified atom stereocenters. The molecule has 0 radical (unpaired) electrons. The lowest BCUT2D eigenvalue weighted by Gasteiger charge is -2.21. The maximum Gasteiger partial charge on any atom is 0.263 e. The highest BCUT2D eigenvalue weighted by Crippen LogP contribution is 2.31. The number of carbonyl (C=O) groups excluding carboxylic acids is 1. The maximum absolute atomic E-state index is 12.8. The van der Waals surface area contributed by atoms with Gasteiger partial charge in [0.25, 0.3) is 5.91 Å². The predicted octanol–water partition coefficient (Wildman–Crippen LogP) is 4.26. The van der Waals surface area contributed by atoms with Crippen LogP contribution >= 0.6 is 23.7 Å². The molecule has 0 fully saturated rings. The molecule has 5 nitrogen and oxygen atoms in total. The quantitative estimate of drug-likeness (QED) is 0.665. The molecule has 0 aliphatic rings. The Bertz CT molecular complexity index is 903. The van der Waals surface area contributed by atoms with E-state index in [0.717, 1.165) is 32.9 Å². The van der Waals surface area contributed by atoms with Crippen LogP contribution in [0.1, 0.15) is 35.6 Å². The number of rotatable bonds is 6. The van der Waals surface area contributed by atoms with Gasteiger partial charge in [0.1, 0.15) is 4.83 Å². The van der Waals surface area contributed by atoms with E-state index in [-0.39, 0.29) is 24.4 Å². The van der Waals surface area contributed by atoms with Crippen molar-refractivity contribution >= 4 is 39.9 Å². The fraction of sp³-hybridized carbons (Fsp3) is 0.400. The van der Waals surface area contributed by atoms with Gasteiger partial charge < -0.3 is 10.6 Å². The number of thiophene rings is 1. The van der Waals surface area contributed by atoms with Gasteiger partial charge in [-0.3, -0.25) is 4.79 Å². The normalized spacial score (nSPS) is 12.2. The molecule has 3 rings (SSSR count). The van der Waals surface area contributed by atoms with Gasteiger partial charge in [0.15, 0.2) is 0 Å². The summed E-state index contributed by atoms with van der Waals surface area (Å²) < 4.78 is 1.92. The summed E-state index contributed by atoms with van der Waals surface area (Å²) in [6.07, 6.45) is 0.807. The van der Waals surface area contributed by atoms with Gasteiger partial charge in [-0.2, -0.15) is 5.10 Å². The topological polar surface area (TPSA) is 64.2 Å². The number of aryl methyl sites for hydroxylation is 1. The van der Waals surface area contributed by atoms with Crippen LogP contribution < -0.4 is 5.73 Å². The first-order chi connectivity index (χ1) is 12.4. The Hall–Kier alpha value is -1.89. The van der Waals surface area contributed by atoms with Gasteiger partial charge in [0.05, 0.1) is 16.3 Å². The average Bonchev–Trinajstić information content (AvgIpc) is 3.20. The number of nitrogens with zero attached hydrogens (tertiary/aromatic N) is 3. The highest BCUT2D eigenvalue weighted by molar-refractivity contribution is 7.20. The van der Waals surface area contributed by atoms with Gasteiger partial charge >= 0.3 is 0 Å². The van der Waals surface area contributed by atoms with Crippen LogP contribution in [0.15, 0.2) is 36.4 Å². The van der Waals surface area contributed by atoms with Crippen molar-refractivity contribution in [3.8, 4) is 5.69 Å². The van der Waals surface area contributed by atoms with E-state index in [1.54, 1.807) is 4.90 Å². The third-order valence-corrected chi connectivity index (χ3v) is 5.86. The molecular weight excluding hydrogens is 380 g/mol. The Kier molecular flexibility index (Phi) is 7.03. The minimum atomic E-state index is 0. The maximum atomic E-state index is 12.8. The Morgan fingerprint density at radius 2 is 1.96 bits per heavy atom. The van der Waals surface area contributed by atoms with Gasteiger partial charge in [0.2, 0.25) is 0 Å². The first-order valence-corrected chi connectivity index (χ1v) is 9.75. The Labute approximate surface area is 170 Å². The Morgan fingerprint density at radius 1 is 1.30 bits per heavy atom.